The van der Waals surface area contributed by atoms with Crippen LogP contribution in [0, 0.1) is 5.82 Å². The van der Waals surface area contributed by atoms with Gasteiger partial charge in [-0.15, -0.1) is 0 Å². The Labute approximate surface area is 159 Å². The number of methoxy groups -OCH3 is 1. The van der Waals surface area contributed by atoms with E-state index in [-0.39, 0.29) is 24.2 Å². The summed E-state index contributed by atoms with van der Waals surface area (Å²) >= 11 is 0. The van der Waals surface area contributed by atoms with Crippen molar-refractivity contribution in [2.45, 2.75) is 25.6 Å². The van der Waals surface area contributed by atoms with Crippen LogP contribution in [-0.2, 0) is 13.1 Å². The van der Waals surface area contributed by atoms with Crippen LogP contribution in [0.2, 0.25) is 0 Å². The van der Waals surface area contributed by atoms with Crippen LogP contribution in [0.1, 0.15) is 17.5 Å². The number of hydrogen-bond donors (Lipinski definition) is 2. The summed E-state index contributed by atoms with van der Waals surface area (Å²) in [5, 5.41) is 19.2. The molecule has 6 heteroatoms. The second-order valence-corrected chi connectivity index (χ2v) is 7.00. The number of aliphatic hydroxyl groups is 1. The second-order valence-electron chi connectivity index (χ2n) is 7.00. The van der Waals surface area contributed by atoms with E-state index in [0.717, 1.165) is 43.9 Å². The number of nitrogens with zero attached hydrogens (tertiary/aromatic N) is 2. The lowest BCUT2D eigenvalue weighted by atomic mass is 10.1. The Morgan fingerprint density at radius 3 is 2.52 bits per heavy atom. The van der Waals surface area contributed by atoms with Crippen LogP contribution in [0.3, 0.4) is 0 Å². The third-order valence-electron chi connectivity index (χ3n) is 5.10. The largest absolute Gasteiger partial charge is 0.504 e. The molecule has 2 N–H and O–H groups in total. The molecule has 0 aliphatic carbocycles. The van der Waals surface area contributed by atoms with Gasteiger partial charge in [-0.1, -0.05) is 18.2 Å². The number of aromatic hydroxyl groups is 1. The third kappa shape index (κ3) is 5.19. The summed E-state index contributed by atoms with van der Waals surface area (Å²) in [6, 6.07) is 12.3. The number of phenolic OH excluding ortho intramolecular Hbond substituents is 1. The fraction of sp³-hybridized carbons (Fsp3) is 0.429. The van der Waals surface area contributed by atoms with E-state index in [9.17, 15) is 14.6 Å². The fourth-order valence-corrected chi connectivity index (χ4v) is 3.63. The number of aliphatic hydroxyl groups excluding tert-OH is 1. The lowest BCUT2D eigenvalue weighted by Gasteiger charge is -2.41. The molecule has 146 valence electrons. The van der Waals surface area contributed by atoms with Crippen molar-refractivity contribution in [3.8, 4) is 11.5 Å². The van der Waals surface area contributed by atoms with E-state index in [0.29, 0.717) is 12.2 Å². The molecule has 0 bridgehead atoms. The summed E-state index contributed by atoms with van der Waals surface area (Å²) in [6.07, 6.45) is 0.705. The standard InChI is InChI=1S/C21H27FN2O3/c1-27-21-12-17(4-7-20(21)26)13-23-9-10-24(19(15-23)8-11-25)14-16-2-5-18(22)6-3-16/h2-7,12,19,25-26H,8-11,13-15H2,1H3. The molecule has 1 atom stereocenters. The zero-order valence-electron chi connectivity index (χ0n) is 15.6. The number of ether oxygens (including phenoxy) is 1. The van der Waals surface area contributed by atoms with Crippen molar-refractivity contribution in [3.05, 3.63) is 59.4 Å². The predicted octanol–water partition coefficient (Wildman–Crippen LogP) is 2.61. The Morgan fingerprint density at radius 2 is 1.81 bits per heavy atom. The maximum atomic E-state index is 13.1. The molecule has 2 aromatic rings. The van der Waals surface area contributed by atoms with Gasteiger partial charge in [0.1, 0.15) is 5.82 Å². The molecular formula is C21H27FN2O3. The first-order chi connectivity index (χ1) is 13.1. The molecule has 1 heterocycles. The van der Waals surface area contributed by atoms with E-state index >= 15 is 0 Å². The van der Waals surface area contributed by atoms with Crippen LogP contribution >= 0.6 is 0 Å². The first kappa shape index (κ1) is 19.6. The van der Waals surface area contributed by atoms with E-state index in [1.54, 1.807) is 13.2 Å². The monoisotopic (exact) mass is 374 g/mol. The van der Waals surface area contributed by atoms with Crippen molar-refractivity contribution in [3.63, 3.8) is 0 Å². The second kappa shape index (κ2) is 9.17. The van der Waals surface area contributed by atoms with Gasteiger partial charge in [0.05, 0.1) is 7.11 Å². The van der Waals surface area contributed by atoms with Gasteiger partial charge < -0.3 is 14.9 Å². The van der Waals surface area contributed by atoms with Crippen LogP contribution in [-0.4, -0.2) is 59.4 Å². The summed E-state index contributed by atoms with van der Waals surface area (Å²) in [7, 11) is 1.55. The summed E-state index contributed by atoms with van der Waals surface area (Å²) in [5.41, 5.74) is 2.16. The van der Waals surface area contributed by atoms with Gasteiger partial charge >= 0.3 is 0 Å². The lowest BCUT2D eigenvalue weighted by Crippen LogP contribution is -2.52. The molecule has 1 aliphatic heterocycles. The molecule has 0 saturated carbocycles. The first-order valence-corrected chi connectivity index (χ1v) is 9.26. The maximum absolute atomic E-state index is 13.1. The van der Waals surface area contributed by atoms with E-state index in [2.05, 4.69) is 9.80 Å². The van der Waals surface area contributed by atoms with Crippen LogP contribution in [0.4, 0.5) is 4.39 Å². The molecule has 0 amide bonds. The Morgan fingerprint density at radius 1 is 1.07 bits per heavy atom. The molecule has 3 rings (SSSR count). The maximum Gasteiger partial charge on any atom is 0.160 e. The van der Waals surface area contributed by atoms with Gasteiger partial charge in [-0.2, -0.15) is 0 Å². The highest BCUT2D eigenvalue weighted by Crippen LogP contribution is 2.27. The molecule has 2 aromatic carbocycles. The number of hydrogen-bond acceptors (Lipinski definition) is 5. The normalized spacial score (nSPS) is 18.6. The Balaban J connectivity index is 1.63. The molecule has 0 radical (unpaired) electrons. The number of phenols is 1. The van der Waals surface area contributed by atoms with E-state index in [1.807, 2.05) is 24.3 Å². The number of rotatable bonds is 7. The highest BCUT2D eigenvalue weighted by Gasteiger charge is 2.26. The van der Waals surface area contributed by atoms with Crippen molar-refractivity contribution in [2.24, 2.45) is 0 Å². The van der Waals surface area contributed by atoms with E-state index in [4.69, 9.17) is 4.74 Å². The predicted molar refractivity (Wildman–Crippen MR) is 102 cm³/mol. The molecular weight excluding hydrogens is 347 g/mol. The summed E-state index contributed by atoms with van der Waals surface area (Å²) < 4.78 is 18.3. The Bertz CT molecular complexity index is 739. The molecule has 27 heavy (non-hydrogen) atoms. The minimum atomic E-state index is -0.222. The van der Waals surface area contributed by atoms with Crippen molar-refractivity contribution in [1.29, 1.82) is 0 Å². The molecule has 0 spiro atoms. The Hall–Kier alpha value is -2.15. The average molecular weight is 374 g/mol. The van der Waals surface area contributed by atoms with Gasteiger partial charge in [-0.3, -0.25) is 9.80 Å². The molecule has 5 nitrogen and oxygen atoms in total. The zero-order chi connectivity index (χ0) is 19.2. The third-order valence-corrected chi connectivity index (χ3v) is 5.10. The van der Waals surface area contributed by atoms with E-state index in [1.165, 1.54) is 12.1 Å². The topological polar surface area (TPSA) is 56.2 Å². The number of halogens is 1. The first-order valence-electron chi connectivity index (χ1n) is 9.26. The van der Waals surface area contributed by atoms with Crippen LogP contribution in [0.25, 0.3) is 0 Å². The van der Waals surface area contributed by atoms with E-state index < -0.39 is 0 Å². The van der Waals surface area contributed by atoms with Crippen LogP contribution in [0.15, 0.2) is 42.5 Å². The lowest BCUT2D eigenvalue weighted by molar-refractivity contribution is 0.0499. The van der Waals surface area contributed by atoms with Crippen molar-refractivity contribution in [2.75, 3.05) is 33.4 Å². The number of piperazine rings is 1. The fourth-order valence-electron chi connectivity index (χ4n) is 3.63. The van der Waals surface area contributed by atoms with Gasteiger partial charge in [-0.25, -0.2) is 4.39 Å². The van der Waals surface area contributed by atoms with Crippen LogP contribution < -0.4 is 4.74 Å². The van der Waals surface area contributed by atoms with Crippen molar-refractivity contribution >= 4 is 0 Å². The van der Waals surface area contributed by atoms with Gasteiger partial charge in [0.2, 0.25) is 0 Å². The minimum absolute atomic E-state index is 0.142. The van der Waals surface area contributed by atoms with Crippen LogP contribution in [0.5, 0.6) is 11.5 Å². The summed E-state index contributed by atoms with van der Waals surface area (Å²) in [5.74, 6) is 0.401. The van der Waals surface area contributed by atoms with Gasteiger partial charge in [0.15, 0.2) is 11.5 Å². The van der Waals surface area contributed by atoms with Crippen molar-refractivity contribution in [1.82, 2.24) is 9.80 Å². The quantitative estimate of drug-likeness (QED) is 0.780. The number of benzene rings is 2. The zero-order valence-corrected chi connectivity index (χ0v) is 15.6. The molecule has 1 saturated heterocycles. The van der Waals surface area contributed by atoms with Crippen molar-refractivity contribution < 1.29 is 19.3 Å². The highest BCUT2D eigenvalue weighted by atomic mass is 19.1. The molecule has 1 aliphatic rings. The van der Waals surface area contributed by atoms with Gasteiger partial charge in [-0.05, 0) is 41.8 Å². The summed E-state index contributed by atoms with van der Waals surface area (Å²) in [6.45, 7) is 4.31. The smallest absolute Gasteiger partial charge is 0.160 e. The average Bonchev–Trinajstić information content (AvgIpc) is 2.67. The minimum Gasteiger partial charge on any atom is -0.504 e. The summed E-state index contributed by atoms with van der Waals surface area (Å²) in [4.78, 5) is 4.71. The molecule has 1 unspecified atom stereocenters. The molecule has 1 fully saturated rings. The highest BCUT2D eigenvalue weighted by molar-refractivity contribution is 5.41. The van der Waals surface area contributed by atoms with Gasteiger partial charge in [0.25, 0.3) is 0 Å². The van der Waals surface area contributed by atoms with Gasteiger partial charge in [0, 0.05) is 45.4 Å². The Kier molecular flexibility index (Phi) is 6.66. The SMILES string of the molecule is COc1cc(CN2CCN(Cc3ccc(F)cc3)C(CCO)C2)ccc1O. The molecule has 0 aromatic heterocycles.